The molecule has 3 heterocycles. The Balaban J connectivity index is 1.94. The maximum absolute atomic E-state index is 14.4. The van der Waals surface area contributed by atoms with Gasteiger partial charge in [-0.25, -0.2) is 14.2 Å². The van der Waals surface area contributed by atoms with Crippen LogP contribution in [0.1, 0.15) is 10.4 Å². The molecule has 3 aromatic rings. The van der Waals surface area contributed by atoms with Gasteiger partial charge >= 0.3 is 5.97 Å². The van der Waals surface area contributed by atoms with Gasteiger partial charge in [0.2, 0.25) is 0 Å². The van der Waals surface area contributed by atoms with Crippen LogP contribution >= 0.6 is 11.6 Å². The van der Waals surface area contributed by atoms with Gasteiger partial charge in [0.05, 0.1) is 17.8 Å². The summed E-state index contributed by atoms with van der Waals surface area (Å²) in [6.45, 7) is 0.979. The van der Waals surface area contributed by atoms with E-state index >= 15 is 0 Å². The second-order valence-electron chi connectivity index (χ2n) is 5.90. The molecule has 0 fully saturated rings. The molecule has 1 aliphatic rings. The first kappa shape index (κ1) is 17.2. The van der Waals surface area contributed by atoms with E-state index in [9.17, 15) is 14.3 Å². The Labute approximate surface area is 158 Å². The highest BCUT2D eigenvalue weighted by Crippen LogP contribution is 2.40. The van der Waals surface area contributed by atoms with E-state index in [-0.39, 0.29) is 11.1 Å². The molecular formula is C19H13ClFN3O3. The molecule has 27 heavy (non-hydrogen) atoms. The van der Waals surface area contributed by atoms with Crippen molar-refractivity contribution in [3.05, 3.63) is 59.1 Å². The van der Waals surface area contributed by atoms with Crippen molar-refractivity contribution in [2.24, 2.45) is 0 Å². The molecule has 0 saturated heterocycles. The second-order valence-corrected chi connectivity index (χ2v) is 6.34. The first-order valence-electron chi connectivity index (χ1n) is 8.09. The molecule has 6 nitrogen and oxygen atoms in total. The van der Waals surface area contributed by atoms with Crippen LogP contribution in [0.15, 0.2) is 42.7 Å². The number of hydrogen-bond donors (Lipinski definition) is 2. The van der Waals surface area contributed by atoms with E-state index in [0.717, 1.165) is 0 Å². The topological polar surface area (TPSA) is 84.3 Å². The predicted octanol–water partition coefficient (Wildman–Crippen LogP) is 4.11. The van der Waals surface area contributed by atoms with Crippen LogP contribution in [0, 0.1) is 5.82 Å². The highest BCUT2D eigenvalue weighted by Gasteiger charge is 2.21. The van der Waals surface area contributed by atoms with Crippen LogP contribution < -0.4 is 10.1 Å². The quantitative estimate of drug-likeness (QED) is 0.706. The zero-order valence-corrected chi connectivity index (χ0v) is 14.6. The molecule has 0 spiro atoms. The molecule has 0 atom stereocenters. The lowest BCUT2D eigenvalue weighted by atomic mass is 10.0. The molecular weight excluding hydrogens is 373 g/mol. The fraction of sp³-hybridized carbons (Fsp3) is 0.105. The summed E-state index contributed by atoms with van der Waals surface area (Å²) in [6, 6.07) is 7.35. The molecule has 0 unspecified atom stereocenters. The van der Waals surface area contributed by atoms with Crippen molar-refractivity contribution in [1.82, 2.24) is 9.97 Å². The summed E-state index contributed by atoms with van der Waals surface area (Å²) < 4.78 is 20.1. The smallest absolute Gasteiger partial charge is 0.337 e. The molecule has 8 heteroatoms. The summed E-state index contributed by atoms with van der Waals surface area (Å²) in [5, 5.41) is 12.7. The van der Waals surface area contributed by atoms with Crippen LogP contribution in [-0.2, 0) is 0 Å². The van der Waals surface area contributed by atoms with Gasteiger partial charge in [0.25, 0.3) is 0 Å². The van der Waals surface area contributed by atoms with E-state index in [1.165, 1.54) is 36.7 Å². The zero-order valence-electron chi connectivity index (χ0n) is 13.9. The van der Waals surface area contributed by atoms with Crippen LogP contribution in [0.2, 0.25) is 5.02 Å². The molecule has 0 radical (unpaired) electrons. The van der Waals surface area contributed by atoms with E-state index in [0.29, 0.717) is 46.6 Å². The standard InChI is InChI=1S/C19H13ClFN3O3/c20-12-1-2-15(21)14(6-12)16-7-13(17-18(24-16)23-3-4-27-17)10-5-11(19(25)26)9-22-8-10/h1-2,5-9H,3-4H2,(H,23,24)(H,25,26). The summed E-state index contributed by atoms with van der Waals surface area (Å²) in [6.07, 6.45) is 2.79. The third-order valence-corrected chi connectivity index (χ3v) is 4.35. The molecule has 0 amide bonds. The maximum atomic E-state index is 14.4. The Hall–Kier alpha value is -3.19. The largest absolute Gasteiger partial charge is 0.487 e. The number of rotatable bonds is 3. The zero-order chi connectivity index (χ0) is 19.0. The summed E-state index contributed by atoms with van der Waals surface area (Å²) in [5.74, 6) is -0.634. The van der Waals surface area contributed by atoms with Gasteiger partial charge in [0.1, 0.15) is 12.4 Å². The van der Waals surface area contributed by atoms with E-state index < -0.39 is 11.8 Å². The molecule has 1 aromatic carbocycles. The molecule has 0 bridgehead atoms. The van der Waals surface area contributed by atoms with Crippen molar-refractivity contribution in [2.45, 2.75) is 0 Å². The SMILES string of the molecule is O=C(O)c1cncc(-c2cc(-c3cc(Cl)ccc3F)nc3c2OCCN3)c1. The van der Waals surface area contributed by atoms with Gasteiger partial charge in [-0.15, -0.1) is 0 Å². The van der Waals surface area contributed by atoms with E-state index in [4.69, 9.17) is 16.3 Å². The number of fused-ring (bicyclic) bond motifs is 1. The average molecular weight is 386 g/mol. The molecule has 0 saturated carbocycles. The van der Waals surface area contributed by atoms with E-state index in [2.05, 4.69) is 15.3 Å². The number of nitrogens with zero attached hydrogens (tertiary/aromatic N) is 2. The first-order chi connectivity index (χ1) is 13.0. The van der Waals surface area contributed by atoms with Crippen molar-refractivity contribution >= 4 is 23.4 Å². The summed E-state index contributed by atoms with van der Waals surface area (Å²) in [7, 11) is 0. The van der Waals surface area contributed by atoms with Gasteiger partial charge in [-0.2, -0.15) is 0 Å². The monoisotopic (exact) mass is 385 g/mol. The summed E-state index contributed by atoms with van der Waals surface area (Å²) in [4.78, 5) is 19.7. The Morgan fingerprint density at radius 2 is 2.07 bits per heavy atom. The number of carboxylic acid groups (broad SMARTS) is 1. The van der Waals surface area contributed by atoms with Crippen molar-refractivity contribution < 1.29 is 19.0 Å². The van der Waals surface area contributed by atoms with E-state index in [1.54, 1.807) is 6.07 Å². The number of benzene rings is 1. The van der Waals surface area contributed by atoms with Crippen LogP contribution in [-0.4, -0.2) is 34.2 Å². The van der Waals surface area contributed by atoms with Gasteiger partial charge < -0.3 is 15.2 Å². The van der Waals surface area contributed by atoms with Gasteiger partial charge in [0.15, 0.2) is 11.6 Å². The minimum atomic E-state index is -1.09. The number of carboxylic acids is 1. The number of halogens is 2. The number of carbonyl (C=O) groups is 1. The third-order valence-electron chi connectivity index (χ3n) is 4.11. The van der Waals surface area contributed by atoms with Crippen LogP contribution in [0.3, 0.4) is 0 Å². The molecule has 1 aliphatic heterocycles. The highest BCUT2D eigenvalue weighted by atomic mass is 35.5. The summed E-state index contributed by atoms with van der Waals surface area (Å²) in [5.41, 5.74) is 1.72. The van der Waals surface area contributed by atoms with Crippen molar-refractivity contribution in [1.29, 1.82) is 0 Å². The number of hydrogen-bond acceptors (Lipinski definition) is 5. The fourth-order valence-electron chi connectivity index (χ4n) is 2.87. The number of anilines is 1. The Bertz CT molecular complexity index is 1060. The number of nitrogens with one attached hydrogen (secondary N) is 1. The number of pyridine rings is 2. The lowest BCUT2D eigenvalue weighted by Crippen LogP contribution is -2.20. The highest BCUT2D eigenvalue weighted by molar-refractivity contribution is 6.30. The lowest BCUT2D eigenvalue weighted by molar-refractivity contribution is 0.0696. The van der Waals surface area contributed by atoms with E-state index in [1.807, 2.05) is 0 Å². The predicted molar refractivity (Wildman–Crippen MR) is 98.8 cm³/mol. The van der Waals surface area contributed by atoms with Gasteiger partial charge in [0, 0.05) is 34.1 Å². The van der Waals surface area contributed by atoms with Gasteiger partial charge in [-0.1, -0.05) is 11.6 Å². The van der Waals surface area contributed by atoms with Crippen LogP contribution in [0.25, 0.3) is 22.4 Å². The number of ether oxygens (including phenoxy) is 1. The van der Waals surface area contributed by atoms with Crippen molar-refractivity contribution in [3.8, 4) is 28.1 Å². The maximum Gasteiger partial charge on any atom is 0.337 e. The molecule has 136 valence electrons. The number of aromatic nitrogens is 2. The van der Waals surface area contributed by atoms with Gasteiger partial charge in [-0.05, 0) is 30.3 Å². The Kier molecular flexibility index (Phi) is 4.37. The van der Waals surface area contributed by atoms with Gasteiger partial charge in [-0.3, -0.25) is 4.98 Å². The third kappa shape index (κ3) is 3.29. The summed E-state index contributed by atoms with van der Waals surface area (Å²) >= 11 is 6.01. The molecule has 4 rings (SSSR count). The fourth-order valence-corrected chi connectivity index (χ4v) is 3.04. The Morgan fingerprint density at radius 1 is 1.22 bits per heavy atom. The lowest BCUT2D eigenvalue weighted by Gasteiger charge is -2.22. The number of aromatic carboxylic acids is 1. The molecule has 2 N–H and O–H groups in total. The van der Waals surface area contributed by atoms with Crippen LogP contribution in [0.4, 0.5) is 10.2 Å². The normalized spacial score (nSPS) is 12.7. The molecule has 0 aliphatic carbocycles. The van der Waals surface area contributed by atoms with Crippen molar-refractivity contribution in [2.75, 3.05) is 18.5 Å². The van der Waals surface area contributed by atoms with Crippen molar-refractivity contribution in [3.63, 3.8) is 0 Å². The minimum Gasteiger partial charge on any atom is -0.487 e. The second kappa shape index (κ2) is 6.85. The Morgan fingerprint density at radius 3 is 2.89 bits per heavy atom. The van der Waals surface area contributed by atoms with Crippen LogP contribution in [0.5, 0.6) is 5.75 Å². The minimum absolute atomic E-state index is 0.0392. The molecule has 2 aromatic heterocycles. The first-order valence-corrected chi connectivity index (χ1v) is 8.46. The average Bonchev–Trinajstić information content (AvgIpc) is 2.69.